The van der Waals surface area contributed by atoms with E-state index in [0.717, 1.165) is 3.71 Å². The monoisotopic (exact) mass is 454 g/mol. The molecule has 0 saturated heterocycles. The molecule has 5 heteroatoms. The van der Waals surface area contributed by atoms with Gasteiger partial charge in [-0.25, -0.2) is 0 Å². The maximum atomic E-state index is 11.6. The molecule has 0 saturated carbocycles. The number of methoxy groups -OCH3 is 1. The van der Waals surface area contributed by atoms with Crippen LogP contribution < -0.4 is 14.2 Å². The van der Waals surface area contributed by atoms with Gasteiger partial charge in [-0.15, -0.1) is 0 Å². The van der Waals surface area contributed by atoms with E-state index in [9.17, 15) is 4.79 Å². The number of rotatable bonds is 13. The van der Waals surface area contributed by atoms with Gasteiger partial charge in [0.25, 0.3) is 0 Å². The van der Waals surface area contributed by atoms with Gasteiger partial charge < -0.3 is 0 Å². The quantitative estimate of drug-likeness (QED) is 0.455. The fourth-order valence-corrected chi connectivity index (χ4v) is 8.44. The van der Waals surface area contributed by atoms with Crippen molar-refractivity contribution in [3.8, 4) is 5.75 Å². The van der Waals surface area contributed by atoms with Crippen molar-refractivity contribution in [1.82, 2.24) is 4.98 Å². The SMILES string of the molecule is CCCC[C](CCCC)(CCCC)[Sn][c]1cc(OC)cc(C(N)=O)n1. The van der Waals surface area contributed by atoms with Crippen molar-refractivity contribution in [3.05, 3.63) is 17.8 Å². The van der Waals surface area contributed by atoms with Gasteiger partial charge in [-0.2, -0.15) is 0 Å². The minimum absolute atomic E-state index is 0.339. The molecule has 1 aromatic rings. The molecule has 0 aliphatic heterocycles. The van der Waals surface area contributed by atoms with E-state index in [1.54, 1.807) is 13.2 Å². The van der Waals surface area contributed by atoms with Crippen LogP contribution in [0.1, 0.15) is 89.0 Å². The molecule has 2 radical (unpaired) electrons. The number of unbranched alkanes of at least 4 members (excludes halogenated alkanes) is 3. The number of carbonyl (C=O) groups excluding carboxylic acids is 1. The molecule has 1 aromatic heterocycles. The normalized spacial score (nSPS) is 11.5. The first-order valence-corrected chi connectivity index (χ1v) is 12.5. The Bertz CT molecular complexity index is 513. The Kier molecular flexibility index (Phi) is 10.5. The molecule has 0 unspecified atom stereocenters. The van der Waals surface area contributed by atoms with Crippen LogP contribution in [0.5, 0.6) is 5.75 Å². The molecule has 1 heterocycles. The summed E-state index contributed by atoms with van der Waals surface area (Å²) in [5, 5.41) is 0. The number of amides is 1. The predicted octanol–water partition coefficient (Wildman–Crippen LogP) is 4.25. The Balaban J connectivity index is 3.15. The number of hydrogen-bond donors (Lipinski definition) is 1. The number of aromatic nitrogens is 1. The van der Waals surface area contributed by atoms with E-state index in [4.69, 9.17) is 10.5 Å². The van der Waals surface area contributed by atoms with Gasteiger partial charge in [0, 0.05) is 0 Å². The standard InChI is InChI=1S/C13H27.C7H7N2O2.Sn/c1-4-7-10-13(11-8-5-2)12-9-6-3;1-11-5-2-3-9-6(4-5)7(8)10;/h4-12H2,1-3H3;2,4H,1H3,(H2,8,10);. The number of ether oxygens (including phenoxy) is 1. The molecule has 0 atom stereocenters. The third-order valence-electron chi connectivity index (χ3n) is 4.71. The number of nitrogens with two attached hydrogens (primary N) is 1. The van der Waals surface area contributed by atoms with Crippen molar-refractivity contribution in [2.24, 2.45) is 5.73 Å². The van der Waals surface area contributed by atoms with E-state index in [1.807, 2.05) is 6.07 Å². The van der Waals surface area contributed by atoms with Crippen LogP contribution in [0, 0.1) is 0 Å². The number of hydrogen-bond acceptors (Lipinski definition) is 3. The summed E-state index contributed by atoms with van der Waals surface area (Å²) in [7, 11) is 1.63. The van der Waals surface area contributed by atoms with Crippen molar-refractivity contribution in [3.63, 3.8) is 0 Å². The average Bonchev–Trinajstić information content (AvgIpc) is 2.62. The first-order valence-electron chi connectivity index (χ1n) is 9.64. The molecule has 0 aliphatic carbocycles. The molecule has 0 fully saturated rings. The fourth-order valence-electron chi connectivity index (χ4n) is 3.19. The van der Waals surface area contributed by atoms with Crippen LogP contribution in [0.3, 0.4) is 0 Å². The number of nitrogens with zero attached hydrogens (tertiary/aromatic N) is 1. The number of pyridine rings is 1. The second-order valence-corrected chi connectivity index (χ2v) is 12.1. The predicted molar refractivity (Wildman–Crippen MR) is 106 cm³/mol. The first kappa shape index (κ1) is 22.3. The van der Waals surface area contributed by atoms with Gasteiger partial charge in [-0.1, -0.05) is 0 Å². The summed E-state index contributed by atoms with van der Waals surface area (Å²) < 4.78 is 6.91. The molecule has 1 amide bonds. The van der Waals surface area contributed by atoms with Crippen LogP contribution in [0.4, 0.5) is 0 Å². The third-order valence-corrected chi connectivity index (χ3v) is 9.82. The van der Waals surface area contributed by atoms with Gasteiger partial charge in [-0.3, -0.25) is 0 Å². The maximum absolute atomic E-state index is 11.6. The van der Waals surface area contributed by atoms with E-state index in [0.29, 0.717) is 14.9 Å². The number of primary amides is 1. The van der Waals surface area contributed by atoms with Crippen LogP contribution in [0.2, 0.25) is 3.43 Å². The van der Waals surface area contributed by atoms with Gasteiger partial charge in [-0.05, 0) is 0 Å². The average molecular weight is 453 g/mol. The summed E-state index contributed by atoms with van der Waals surface area (Å²) in [5.41, 5.74) is 5.81. The van der Waals surface area contributed by atoms with E-state index < -0.39 is 27.0 Å². The zero-order chi connectivity index (χ0) is 18.7. The molecule has 0 aromatic carbocycles. The van der Waals surface area contributed by atoms with Gasteiger partial charge in [0.2, 0.25) is 0 Å². The number of carbonyl (C=O) groups is 1. The molecule has 140 valence electrons. The molecule has 25 heavy (non-hydrogen) atoms. The van der Waals surface area contributed by atoms with E-state index in [1.165, 1.54) is 57.8 Å². The summed E-state index contributed by atoms with van der Waals surface area (Å²) in [6.07, 6.45) is 11.4. The van der Waals surface area contributed by atoms with Crippen molar-refractivity contribution in [1.29, 1.82) is 0 Å². The molecule has 2 N–H and O–H groups in total. The summed E-state index contributed by atoms with van der Waals surface area (Å²) >= 11 is -0.993. The molecule has 0 bridgehead atoms. The van der Waals surface area contributed by atoms with Crippen molar-refractivity contribution < 1.29 is 9.53 Å². The molecule has 0 spiro atoms. The second-order valence-electron chi connectivity index (χ2n) is 6.86. The third kappa shape index (κ3) is 7.55. The molecular formula is C20H34N2O2Sn. The van der Waals surface area contributed by atoms with Crippen molar-refractivity contribution >= 4 is 30.8 Å². The van der Waals surface area contributed by atoms with Crippen molar-refractivity contribution in [2.45, 2.75) is 82.0 Å². The zero-order valence-electron chi connectivity index (χ0n) is 16.4. The van der Waals surface area contributed by atoms with E-state index >= 15 is 0 Å². The van der Waals surface area contributed by atoms with E-state index in [-0.39, 0.29) is 0 Å². The molecule has 4 nitrogen and oxygen atoms in total. The van der Waals surface area contributed by atoms with Gasteiger partial charge in [0.15, 0.2) is 0 Å². The zero-order valence-corrected chi connectivity index (χ0v) is 19.2. The van der Waals surface area contributed by atoms with Crippen LogP contribution in [-0.2, 0) is 0 Å². The molecular weight excluding hydrogens is 419 g/mol. The minimum atomic E-state index is -0.993. The van der Waals surface area contributed by atoms with Gasteiger partial charge in [0.05, 0.1) is 0 Å². The van der Waals surface area contributed by atoms with Gasteiger partial charge in [0.1, 0.15) is 0 Å². The van der Waals surface area contributed by atoms with E-state index in [2.05, 4.69) is 25.8 Å². The van der Waals surface area contributed by atoms with Crippen LogP contribution in [0.15, 0.2) is 12.1 Å². The Morgan fingerprint density at radius 2 is 1.60 bits per heavy atom. The Morgan fingerprint density at radius 1 is 1.08 bits per heavy atom. The second kappa shape index (κ2) is 11.8. The van der Waals surface area contributed by atoms with Crippen LogP contribution >= 0.6 is 0 Å². The van der Waals surface area contributed by atoms with Crippen molar-refractivity contribution in [2.75, 3.05) is 7.11 Å². The Labute approximate surface area is 163 Å². The summed E-state index contributed by atoms with van der Waals surface area (Å²) in [6.45, 7) is 6.80. The molecule has 1 rings (SSSR count). The Morgan fingerprint density at radius 3 is 2.00 bits per heavy atom. The summed E-state index contributed by atoms with van der Waals surface area (Å²) in [6, 6.07) is 3.69. The fraction of sp³-hybridized carbons (Fsp3) is 0.700. The van der Waals surface area contributed by atoms with Crippen LogP contribution in [-0.4, -0.2) is 39.1 Å². The summed E-state index contributed by atoms with van der Waals surface area (Å²) in [4.78, 5) is 16.2. The van der Waals surface area contributed by atoms with Gasteiger partial charge >= 0.3 is 164 Å². The first-order chi connectivity index (χ1) is 12.0. The topological polar surface area (TPSA) is 65.2 Å². The summed E-state index contributed by atoms with van der Waals surface area (Å²) in [5.74, 6) is 0.232. The molecule has 0 aliphatic rings. The Hall–Kier alpha value is -0.781. The van der Waals surface area contributed by atoms with Crippen LogP contribution in [0.25, 0.3) is 0 Å².